The van der Waals surface area contributed by atoms with E-state index in [-0.39, 0.29) is 5.56 Å². The number of fused-ring (bicyclic) bond motifs is 1. The number of esters is 1. The number of thiophene rings is 1. The van der Waals surface area contributed by atoms with Crippen molar-refractivity contribution < 1.29 is 22.7 Å². The van der Waals surface area contributed by atoms with Gasteiger partial charge in [-0.15, -0.1) is 11.3 Å². The van der Waals surface area contributed by atoms with Gasteiger partial charge in [0.1, 0.15) is 5.52 Å². The first-order chi connectivity index (χ1) is 15.9. The molecule has 9 heteroatoms. The maximum absolute atomic E-state index is 13.3. The van der Waals surface area contributed by atoms with Gasteiger partial charge in [-0.1, -0.05) is 24.3 Å². The normalized spacial score (nSPS) is 11.6. The monoisotopic (exact) mass is 465 g/mol. The van der Waals surface area contributed by atoms with Gasteiger partial charge in [0.15, 0.2) is 11.4 Å². The average molecular weight is 465 g/mol. The summed E-state index contributed by atoms with van der Waals surface area (Å²) < 4.78 is 46.6. The van der Waals surface area contributed by atoms with Crippen molar-refractivity contribution in [1.82, 2.24) is 14.8 Å². The van der Waals surface area contributed by atoms with Crippen LogP contribution in [0, 0.1) is 0 Å². The van der Waals surface area contributed by atoms with Crippen LogP contribution in [0.25, 0.3) is 27.2 Å². The molecule has 0 bridgehead atoms. The Hall–Kier alpha value is -3.98. The molecule has 0 unspecified atom stereocenters. The molecule has 0 saturated heterocycles. The van der Waals surface area contributed by atoms with Crippen LogP contribution < -0.4 is 4.74 Å². The van der Waals surface area contributed by atoms with Crippen LogP contribution in [0.3, 0.4) is 0 Å². The molecule has 0 spiro atoms. The largest absolute Gasteiger partial charge is 0.435 e. The molecule has 0 saturated carbocycles. The van der Waals surface area contributed by atoms with Gasteiger partial charge >= 0.3 is 12.1 Å². The molecule has 0 fully saturated rings. The number of hydrogen-bond donors (Lipinski definition) is 0. The van der Waals surface area contributed by atoms with E-state index in [1.54, 1.807) is 41.9 Å². The Labute approximate surface area is 189 Å². The lowest BCUT2D eigenvalue weighted by atomic mass is 10.2. The number of rotatable bonds is 4. The number of para-hydroxylation sites is 1. The standard InChI is InChI=1S/C24H14F3N3O2S/c25-24(26,27)21-14-18(20-7-3-13-33-20)30(29-21)17-10-8-16(9-11-17)23(31)32-19-6-1-4-15-5-2-12-28-22(15)19/h1-14H. The van der Waals surface area contributed by atoms with Gasteiger partial charge < -0.3 is 4.74 Å². The predicted molar refractivity (Wildman–Crippen MR) is 119 cm³/mol. The van der Waals surface area contributed by atoms with E-state index in [9.17, 15) is 18.0 Å². The number of ether oxygens (including phenoxy) is 1. The minimum Gasteiger partial charge on any atom is -0.421 e. The highest BCUT2D eigenvalue weighted by Crippen LogP contribution is 2.34. The van der Waals surface area contributed by atoms with Crippen LogP contribution in [0.5, 0.6) is 5.75 Å². The quantitative estimate of drug-likeness (QED) is 0.228. The van der Waals surface area contributed by atoms with Crippen molar-refractivity contribution >= 4 is 28.2 Å². The lowest BCUT2D eigenvalue weighted by Crippen LogP contribution is -2.10. The molecule has 5 rings (SSSR count). The van der Waals surface area contributed by atoms with E-state index in [2.05, 4.69) is 10.1 Å². The molecule has 0 aliphatic heterocycles. The van der Waals surface area contributed by atoms with Gasteiger partial charge in [-0.05, 0) is 53.9 Å². The van der Waals surface area contributed by atoms with Gasteiger partial charge in [0.2, 0.25) is 0 Å². The summed E-state index contributed by atoms with van der Waals surface area (Å²) in [7, 11) is 0. The molecule has 5 aromatic rings. The highest BCUT2D eigenvalue weighted by molar-refractivity contribution is 7.13. The van der Waals surface area contributed by atoms with Crippen LogP contribution in [0.2, 0.25) is 0 Å². The number of benzene rings is 2. The molecule has 5 nitrogen and oxygen atoms in total. The number of nitrogens with zero attached hydrogens (tertiary/aromatic N) is 3. The maximum atomic E-state index is 13.3. The first-order valence-electron chi connectivity index (χ1n) is 9.78. The summed E-state index contributed by atoms with van der Waals surface area (Å²) >= 11 is 1.31. The molecule has 33 heavy (non-hydrogen) atoms. The molecule has 0 N–H and O–H groups in total. The van der Waals surface area contributed by atoms with Gasteiger partial charge in [-0.2, -0.15) is 18.3 Å². The number of carbonyl (C=O) groups excluding carboxylic acids is 1. The summed E-state index contributed by atoms with van der Waals surface area (Å²) in [5, 5.41) is 6.37. The van der Waals surface area contributed by atoms with Crippen LogP contribution in [0.15, 0.2) is 84.4 Å². The number of carbonyl (C=O) groups is 1. The predicted octanol–water partition coefficient (Wildman–Crippen LogP) is 6.39. The second kappa shape index (κ2) is 8.18. The summed E-state index contributed by atoms with van der Waals surface area (Å²) in [4.78, 5) is 17.6. The molecule has 0 aliphatic carbocycles. The summed E-state index contributed by atoms with van der Waals surface area (Å²) in [5.74, 6) is -0.279. The first-order valence-corrected chi connectivity index (χ1v) is 10.7. The highest BCUT2D eigenvalue weighted by Gasteiger charge is 2.35. The van der Waals surface area contributed by atoms with E-state index >= 15 is 0 Å². The van der Waals surface area contributed by atoms with Crippen molar-refractivity contribution in [1.29, 1.82) is 0 Å². The van der Waals surface area contributed by atoms with Crippen LogP contribution in [-0.2, 0) is 6.18 Å². The summed E-state index contributed by atoms with van der Waals surface area (Å²) in [6.07, 6.45) is -2.97. The van der Waals surface area contributed by atoms with Gasteiger partial charge in [0.25, 0.3) is 0 Å². The fraction of sp³-hybridized carbons (Fsp3) is 0.0417. The number of halogens is 3. The zero-order valence-electron chi connectivity index (χ0n) is 16.8. The van der Waals surface area contributed by atoms with Crippen molar-refractivity contribution in [3.8, 4) is 22.0 Å². The lowest BCUT2D eigenvalue weighted by Gasteiger charge is -2.09. The van der Waals surface area contributed by atoms with Crippen LogP contribution in [-0.4, -0.2) is 20.7 Å². The molecule has 3 heterocycles. The Bertz CT molecular complexity index is 1440. The Morgan fingerprint density at radius 1 is 0.970 bits per heavy atom. The maximum Gasteiger partial charge on any atom is 0.435 e. The van der Waals surface area contributed by atoms with Crippen molar-refractivity contribution in [3.63, 3.8) is 0 Å². The topological polar surface area (TPSA) is 57.0 Å². The molecule has 164 valence electrons. The minimum atomic E-state index is -4.58. The Morgan fingerprint density at radius 3 is 2.48 bits per heavy atom. The molecular formula is C24H14F3N3O2S. The van der Waals surface area contributed by atoms with Gasteiger partial charge in [-0.25, -0.2) is 9.48 Å². The van der Waals surface area contributed by atoms with E-state index < -0.39 is 17.8 Å². The van der Waals surface area contributed by atoms with Crippen molar-refractivity contribution in [3.05, 3.63) is 95.6 Å². The zero-order valence-corrected chi connectivity index (χ0v) is 17.6. The lowest BCUT2D eigenvalue weighted by molar-refractivity contribution is -0.141. The smallest absolute Gasteiger partial charge is 0.421 e. The SMILES string of the molecule is O=C(Oc1cccc2cccnc12)c1ccc(-n2nc(C(F)(F)F)cc2-c2cccs2)cc1. The van der Waals surface area contributed by atoms with Gasteiger partial charge in [0.05, 0.1) is 21.8 Å². The van der Waals surface area contributed by atoms with E-state index in [0.29, 0.717) is 27.5 Å². The Balaban J connectivity index is 1.45. The molecular weight excluding hydrogens is 451 g/mol. The van der Waals surface area contributed by atoms with Crippen molar-refractivity contribution in [2.45, 2.75) is 6.18 Å². The van der Waals surface area contributed by atoms with E-state index in [1.165, 1.54) is 40.3 Å². The highest BCUT2D eigenvalue weighted by atomic mass is 32.1. The Morgan fingerprint density at radius 2 is 1.76 bits per heavy atom. The number of aromatic nitrogens is 3. The minimum absolute atomic E-state index is 0.243. The van der Waals surface area contributed by atoms with Crippen molar-refractivity contribution in [2.24, 2.45) is 0 Å². The molecule has 0 aliphatic rings. The summed E-state index contributed by atoms with van der Waals surface area (Å²) in [6.45, 7) is 0. The van der Waals surface area contributed by atoms with E-state index in [0.717, 1.165) is 11.5 Å². The molecule has 2 aromatic carbocycles. The zero-order chi connectivity index (χ0) is 23.0. The second-order valence-corrected chi connectivity index (χ2v) is 8.02. The fourth-order valence-corrected chi connectivity index (χ4v) is 4.10. The molecule has 0 radical (unpaired) electrons. The summed E-state index contributed by atoms with van der Waals surface area (Å²) in [5.41, 5.74) is 0.513. The molecule has 0 atom stereocenters. The second-order valence-electron chi connectivity index (χ2n) is 7.07. The Kier molecular flexibility index (Phi) is 5.18. The number of hydrogen-bond acceptors (Lipinski definition) is 5. The van der Waals surface area contributed by atoms with Crippen LogP contribution >= 0.6 is 11.3 Å². The number of alkyl halides is 3. The van der Waals surface area contributed by atoms with Crippen LogP contribution in [0.1, 0.15) is 16.1 Å². The third-order valence-electron chi connectivity index (χ3n) is 4.92. The third-order valence-corrected chi connectivity index (χ3v) is 5.81. The summed E-state index contributed by atoms with van der Waals surface area (Å²) in [6, 6.07) is 19.5. The van der Waals surface area contributed by atoms with Crippen molar-refractivity contribution in [2.75, 3.05) is 0 Å². The molecule has 0 amide bonds. The fourth-order valence-electron chi connectivity index (χ4n) is 3.37. The molecule has 3 aromatic heterocycles. The van der Waals surface area contributed by atoms with Crippen LogP contribution in [0.4, 0.5) is 13.2 Å². The average Bonchev–Trinajstić information content (AvgIpc) is 3.49. The van der Waals surface area contributed by atoms with E-state index in [1.807, 2.05) is 12.1 Å². The third kappa shape index (κ3) is 4.10. The van der Waals surface area contributed by atoms with Gasteiger partial charge in [-0.3, -0.25) is 4.98 Å². The number of pyridine rings is 1. The first kappa shape index (κ1) is 20.9. The van der Waals surface area contributed by atoms with E-state index in [4.69, 9.17) is 4.74 Å². The van der Waals surface area contributed by atoms with Gasteiger partial charge in [0, 0.05) is 11.6 Å².